The standard InChI is InChI=1S/C15H22FNO3/c1-14(2,3)20-13(18)15(4,5)19-11-7-6-10(9-17)12(16)8-11/h6-8H,9,17H2,1-5H3. The van der Waals surface area contributed by atoms with Crippen LogP contribution in [-0.4, -0.2) is 17.2 Å². The lowest BCUT2D eigenvalue weighted by atomic mass is 10.1. The summed E-state index contributed by atoms with van der Waals surface area (Å²) in [7, 11) is 0. The third-order valence-electron chi connectivity index (χ3n) is 2.51. The van der Waals surface area contributed by atoms with Crippen LogP contribution in [0.15, 0.2) is 18.2 Å². The number of carbonyl (C=O) groups excluding carboxylic acids is 1. The molecule has 1 rings (SSSR count). The second-order valence-corrected chi connectivity index (χ2v) is 6.07. The first-order valence-electron chi connectivity index (χ1n) is 6.46. The molecular weight excluding hydrogens is 261 g/mol. The molecule has 0 amide bonds. The van der Waals surface area contributed by atoms with Gasteiger partial charge in [-0.3, -0.25) is 0 Å². The number of carbonyl (C=O) groups is 1. The van der Waals surface area contributed by atoms with E-state index in [9.17, 15) is 9.18 Å². The van der Waals surface area contributed by atoms with Gasteiger partial charge in [0.2, 0.25) is 0 Å². The summed E-state index contributed by atoms with van der Waals surface area (Å²) >= 11 is 0. The van der Waals surface area contributed by atoms with Gasteiger partial charge in [0, 0.05) is 18.2 Å². The van der Waals surface area contributed by atoms with E-state index in [0.29, 0.717) is 5.56 Å². The van der Waals surface area contributed by atoms with E-state index in [0.717, 1.165) is 0 Å². The van der Waals surface area contributed by atoms with Gasteiger partial charge in [0.15, 0.2) is 5.60 Å². The van der Waals surface area contributed by atoms with Crippen molar-refractivity contribution in [2.45, 2.75) is 52.4 Å². The van der Waals surface area contributed by atoms with Gasteiger partial charge in [-0.1, -0.05) is 6.07 Å². The van der Waals surface area contributed by atoms with E-state index >= 15 is 0 Å². The highest BCUT2D eigenvalue weighted by Gasteiger charge is 2.34. The second kappa shape index (κ2) is 5.79. The summed E-state index contributed by atoms with van der Waals surface area (Å²) in [5.41, 5.74) is 3.98. The van der Waals surface area contributed by atoms with E-state index in [1.54, 1.807) is 40.7 Å². The van der Waals surface area contributed by atoms with Gasteiger partial charge in [-0.05, 0) is 40.7 Å². The van der Waals surface area contributed by atoms with E-state index in [1.165, 1.54) is 12.1 Å². The van der Waals surface area contributed by atoms with Crippen molar-refractivity contribution in [1.29, 1.82) is 0 Å². The summed E-state index contributed by atoms with van der Waals surface area (Å²) in [6.07, 6.45) is 0. The fraction of sp³-hybridized carbons (Fsp3) is 0.533. The maximum atomic E-state index is 13.6. The van der Waals surface area contributed by atoms with Crippen LogP contribution in [0.3, 0.4) is 0 Å². The average Bonchev–Trinajstić information content (AvgIpc) is 2.26. The molecule has 0 aliphatic heterocycles. The molecule has 0 atom stereocenters. The number of hydrogen-bond donors (Lipinski definition) is 1. The minimum absolute atomic E-state index is 0.113. The third-order valence-corrected chi connectivity index (χ3v) is 2.51. The highest BCUT2D eigenvalue weighted by molar-refractivity contribution is 5.79. The van der Waals surface area contributed by atoms with Crippen LogP contribution in [0, 0.1) is 5.82 Å². The smallest absolute Gasteiger partial charge is 0.350 e. The summed E-state index contributed by atoms with van der Waals surface area (Å²) in [5, 5.41) is 0. The quantitative estimate of drug-likeness (QED) is 0.863. The molecular formula is C15H22FNO3. The molecule has 0 unspecified atom stereocenters. The molecule has 4 nitrogen and oxygen atoms in total. The predicted molar refractivity (Wildman–Crippen MR) is 74.8 cm³/mol. The van der Waals surface area contributed by atoms with Crippen LogP contribution in [0.4, 0.5) is 4.39 Å². The molecule has 20 heavy (non-hydrogen) atoms. The van der Waals surface area contributed by atoms with Crippen LogP contribution in [0.25, 0.3) is 0 Å². The normalized spacial score (nSPS) is 12.2. The summed E-state index contributed by atoms with van der Waals surface area (Å²) in [6, 6.07) is 4.33. The SMILES string of the molecule is CC(C)(C)OC(=O)C(C)(C)Oc1ccc(CN)c(F)c1. The van der Waals surface area contributed by atoms with Gasteiger partial charge in [-0.25, -0.2) is 9.18 Å². The molecule has 5 heteroatoms. The van der Waals surface area contributed by atoms with Gasteiger partial charge in [-0.2, -0.15) is 0 Å². The highest BCUT2D eigenvalue weighted by atomic mass is 19.1. The molecule has 0 aliphatic rings. The molecule has 112 valence electrons. The molecule has 1 aromatic carbocycles. The summed E-state index contributed by atoms with van der Waals surface area (Å²) in [5.74, 6) is -0.700. The van der Waals surface area contributed by atoms with Gasteiger partial charge < -0.3 is 15.2 Å². The Hall–Kier alpha value is -1.62. The zero-order valence-corrected chi connectivity index (χ0v) is 12.6. The van der Waals surface area contributed by atoms with Crippen LogP contribution in [0.2, 0.25) is 0 Å². The molecule has 1 aromatic rings. The summed E-state index contributed by atoms with van der Waals surface area (Å²) < 4.78 is 24.4. The minimum Gasteiger partial charge on any atom is -0.476 e. The number of hydrogen-bond acceptors (Lipinski definition) is 4. The lowest BCUT2D eigenvalue weighted by Gasteiger charge is -2.29. The van der Waals surface area contributed by atoms with Crippen molar-refractivity contribution >= 4 is 5.97 Å². The Bertz CT molecular complexity index is 492. The zero-order valence-electron chi connectivity index (χ0n) is 12.6. The van der Waals surface area contributed by atoms with E-state index in [1.807, 2.05) is 0 Å². The number of nitrogens with two attached hydrogens (primary N) is 1. The van der Waals surface area contributed by atoms with Gasteiger partial charge >= 0.3 is 5.97 Å². The van der Waals surface area contributed by atoms with Crippen molar-refractivity contribution in [3.8, 4) is 5.75 Å². The number of benzene rings is 1. The Labute approximate surface area is 119 Å². The molecule has 0 saturated carbocycles. The first kappa shape index (κ1) is 16.4. The number of rotatable bonds is 4. The summed E-state index contributed by atoms with van der Waals surface area (Å²) in [6.45, 7) is 8.59. The Morgan fingerprint density at radius 1 is 1.25 bits per heavy atom. The third kappa shape index (κ3) is 4.49. The van der Waals surface area contributed by atoms with E-state index in [2.05, 4.69) is 0 Å². The molecule has 0 aliphatic carbocycles. The topological polar surface area (TPSA) is 61.5 Å². The summed E-state index contributed by atoms with van der Waals surface area (Å²) in [4.78, 5) is 12.0. The Morgan fingerprint density at radius 3 is 2.30 bits per heavy atom. The Morgan fingerprint density at radius 2 is 1.85 bits per heavy atom. The van der Waals surface area contributed by atoms with Crippen LogP contribution < -0.4 is 10.5 Å². The maximum absolute atomic E-state index is 13.6. The molecule has 0 heterocycles. The van der Waals surface area contributed by atoms with Gasteiger partial charge in [0.05, 0.1) is 0 Å². The molecule has 0 spiro atoms. The zero-order chi connectivity index (χ0) is 15.6. The van der Waals surface area contributed by atoms with E-state index < -0.39 is 23.0 Å². The Balaban J connectivity index is 2.85. The van der Waals surface area contributed by atoms with Crippen molar-refractivity contribution in [3.63, 3.8) is 0 Å². The first-order valence-corrected chi connectivity index (χ1v) is 6.46. The van der Waals surface area contributed by atoms with Crippen molar-refractivity contribution in [1.82, 2.24) is 0 Å². The van der Waals surface area contributed by atoms with Crippen LogP contribution >= 0.6 is 0 Å². The number of esters is 1. The maximum Gasteiger partial charge on any atom is 0.350 e. The molecule has 0 radical (unpaired) electrons. The molecule has 0 saturated heterocycles. The first-order chi connectivity index (χ1) is 9.05. The predicted octanol–water partition coefficient (Wildman–Crippen LogP) is 2.78. The van der Waals surface area contributed by atoms with E-state index in [4.69, 9.17) is 15.2 Å². The largest absolute Gasteiger partial charge is 0.476 e. The number of ether oxygens (including phenoxy) is 2. The van der Waals surface area contributed by atoms with Crippen molar-refractivity contribution < 1.29 is 18.7 Å². The Kier molecular flexibility index (Phi) is 4.76. The van der Waals surface area contributed by atoms with Crippen LogP contribution in [0.1, 0.15) is 40.2 Å². The van der Waals surface area contributed by atoms with Crippen LogP contribution in [-0.2, 0) is 16.1 Å². The lowest BCUT2D eigenvalue weighted by molar-refractivity contribution is -0.170. The molecule has 0 bridgehead atoms. The van der Waals surface area contributed by atoms with Crippen molar-refractivity contribution in [3.05, 3.63) is 29.6 Å². The monoisotopic (exact) mass is 283 g/mol. The van der Waals surface area contributed by atoms with Crippen LogP contribution in [0.5, 0.6) is 5.75 Å². The lowest BCUT2D eigenvalue weighted by Crippen LogP contribution is -2.43. The number of halogens is 1. The fourth-order valence-electron chi connectivity index (χ4n) is 1.49. The molecule has 0 fully saturated rings. The molecule has 0 aromatic heterocycles. The second-order valence-electron chi connectivity index (χ2n) is 6.07. The van der Waals surface area contributed by atoms with Crippen molar-refractivity contribution in [2.75, 3.05) is 0 Å². The van der Waals surface area contributed by atoms with E-state index in [-0.39, 0.29) is 12.3 Å². The van der Waals surface area contributed by atoms with Gasteiger partial charge in [0.1, 0.15) is 17.2 Å². The van der Waals surface area contributed by atoms with Gasteiger partial charge in [-0.15, -0.1) is 0 Å². The highest BCUT2D eigenvalue weighted by Crippen LogP contribution is 2.23. The fourth-order valence-corrected chi connectivity index (χ4v) is 1.49. The van der Waals surface area contributed by atoms with Gasteiger partial charge in [0.25, 0.3) is 0 Å². The minimum atomic E-state index is -1.20. The average molecular weight is 283 g/mol. The molecule has 2 N–H and O–H groups in total. The van der Waals surface area contributed by atoms with Crippen molar-refractivity contribution in [2.24, 2.45) is 5.73 Å².